The first-order valence-corrected chi connectivity index (χ1v) is 7.75. The van der Waals surface area contributed by atoms with Gasteiger partial charge in [0, 0.05) is 17.3 Å². The number of benzene rings is 1. The zero-order valence-corrected chi connectivity index (χ0v) is 12.1. The number of thioether (sulfide) groups is 1. The molecule has 0 spiro atoms. The van der Waals surface area contributed by atoms with E-state index in [-0.39, 0.29) is 6.10 Å². The fraction of sp³-hybridized carbons (Fsp3) is 0.571. The van der Waals surface area contributed by atoms with Gasteiger partial charge in [0.2, 0.25) is 0 Å². The van der Waals surface area contributed by atoms with Crippen molar-refractivity contribution in [2.45, 2.75) is 36.9 Å². The topological polar surface area (TPSA) is 29.5 Å². The van der Waals surface area contributed by atoms with Crippen LogP contribution in [0, 0.1) is 5.92 Å². The van der Waals surface area contributed by atoms with Crippen molar-refractivity contribution in [3.8, 4) is 0 Å². The molecule has 0 aliphatic heterocycles. The van der Waals surface area contributed by atoms with Crippen LogP contribution < -0.4 is 0 Å². The van der Waals surface area contributed by atoms with E-state index in [4.69, 9.17) is 16.3 Å². The summed E-state index contributed by atoms with van der Waals surface area (Å²) in [7, 11) is 0. The molecule has 1 N–H and O–H groups in total. The second-order valence-corrected chi connectivity index (χ2v) is 6.04. The van der Waals surface area contributed by atoms with Gasteiger partial charge in [0.05, 0.1) is 17.2 Å². The molecule has 2 rings (SSSR count). The average molecular weight is 287 g/mol. The minimum atomic E-state index is -0.418. The molecular weight excluding hydrogens is 268 g/mol. The predicted octanol–water partition coefficient (Wildman–Crippen LogP) is 3.61. The van der Waals surface area contributed by atoms with Crippen LogP contribution in [-0.4, -0.2) is 29.7 Å². The van der Waals surface area contributed by atoms with E-state index in [1.807, 2.05) is 31.2 Å². The van der Waals surface area contributed by atoms with Crippen LogP contribution in [-0.2, 0) is 4.74 Å². The zero-order chi connectivity index (χ0) is 13.0. The maximum atomic E-state index is 10.2. The SMILES string of the molecule is CCOC(C(O)CSc1ccccc1Cl)C1CC1. The van der Waals surface area contributed by atoms with E-state index in [9.17, 15) is 5.11 Å². The van der Waals surface area contributed by atoms with Crippen LogP contribution in [0.2, 0.25) is 5.02 Å². The quantitative estimate of drug-likeness (QED) is 0.777. The number of aliphatic hydroxyl groups excluding tert-OH is 1. The van der Waals surface area contributed by atoms with Crippen LogP contribution in [0.25, 0.3) is 0 Å². The Bertz CT molecular complexity index is 382. The third kappa shape index (κ3) is 3.89. The van der Waals surface area contributed by atoms with E-state index in [1.165, 1.54) is 12.8 Å². The van der Waals surface area contributed by atoms with Crippen molar-refractivity contribution in [3.63, 3.8) is 0 Å². The van der Waals surface area contributed by atoms with Crippen molar-refractivity contribution in [3.05, 3.63) is 29.3 Å². The van der Waals surface area contributed by atoms with E-state index < -0.39 is 6.10 Å². The number of hydrogen-bond donors (Lipinski definition) is 1. The summed E-state index contributed by atoms with van der Waals surface area (Å²) in [5.41, 5.74) is 0. The smallest absolute Gasteiger partial charge is 0.0898 e. The maximum absolute atomic E-state index is 10.2. The third-order valence-corrected chi connectivity index (χ3v) is 4.69. The van der Waals surface area contributed by atoms with Crippen LogP contribution in [0.15, 0.2) is 29.2 Å². The Morgan fingerprint density at radius 2 is 2.17 bits per heavy atom. The molecular formula is C14H19ClO2S. The fourth-order valence-electron chi connectivity index (χ4n) is 2.01. The van der Waals surface area contributed by atoms with Crippen LogP contribution in [0.4, 0.5) is 0 Å². The highest BCUT2D eigenvalue weighted by Gasteiger charge is 2.36. The van der Waals surface area contributed by atoms with Gasteiger partial charge in [0.15, 0.2) is 0 Å². The Labute approximate surface area is 118 Å². The Morgan fingerprint density at radius 1 is 1.44 bits per heavy atom. The summed E-state index contributed by atoms with van der Waals surface area (Å²) in [6.07, 6.45) is 1.93. The van der Waals surface area contributed by atoms with Gasteiger partial charge >= 0.3 is 0 Å². The first-order valence-electron chi connectivity index (χ1n) is 6.39. The van der Waals surface area contributed by atoms with Crippen molar-refractivity contribution in [2.75, 3.05) is 12.4 Å². The molecule has 1 aliphatic rings. The molecule has 0 aromatic heterocycles. The first-order chi connectivity index (χ1) is 8.72. The van der Waals surface area contributed by atoms with Gasteiger partial charge in [-0.2, -0.15) is 0 Å². The normalized spacial score (nSPS) is 18.6. The van der Waals surface area contributed by atoms with Gasteiger partial charge in [-0.15, -0.1) is 11.8 Å². The predicted molar refractivity (Wildman–Crippen MR) is 76.3 cm³/mol. The minimum absolute atomic E-state index is 0.00927. The summed E-state index contributed by atoms with van der Waals surface area (Å²) in [6.45, 7) is 2.64. The molecule has 1 aromatic carbocycles. The van der Waals surface area contributed by atoms with Crippen molar-refractivity contribution in [2.24, 2.45) is 5.92 Å². The molecule has 2 unspecified atom stereocenters. The summed E-state index contributed by atoms with van der Waals surface area (Å²) in [6, 6.07) is 7.72. The average Bonchev–Trinajstić information content (AvgIpc) is 3.19. The lowest BCUT2D eigenvalue weighted by molar-refractivity contribution is -0.0343. The Balaban J connectivity index is 1.86. The number of rotatable bonds is 7. The van der Waals surface area contributed by atoms with Crippen molar-refractivity contribution in [1.82, 2.24) is 0 Å². The molecule has 1 saturated carbocycles. The molecule has 1 fully saturated rings. The largest absolute Gasteiger partial charge is 0.390 e. The Morgan fingerprint density at radius 3 is 2.78 bits per heavy atom. The number of aliphatic hydroxyl groups is 1. The number of ether oxygens (including phenoxy) is 1. The van der Waals surface area contributed by atoms with Gasteiger partial charge in [0.25, 0.3) is 0 Å². The summed E-state index contributed by atoms with van der Waals surface area (Å²) in [5.74, 6) is 1.18. The van der Waals surface area contributed by atoms with E-state index in [2.05, 4.69) is 0 Å². The van der Waals surface area contributed by atoms with Gasteiger partial charge in [-0.3, -0.25) is 0 Å². The van der Waals surface area contributed by atoms with Crippen molar-refractivity contribution < 1.29 is 9.84 Å². The van der Waals surface area contributed by atoms with Gasteiger partial charge in [-0.1, -0.05) is 23.7 Å². The molecule has 100 valence electrons. The number of halogens is 1. The summed E-state index contributed by atoms with van der Waals surface area (Å²) in [4.78, 5) is 1.02. The van der Waals surface area contributed by atoms with Crippen molar-refractivity contribution in [1.29, 1.82) is 0 Å². The van der Waals surface area contributed by atoms with E-state index >= 15 is 0 Å². The van der Waals surface area contributed by atoms with E-state index in [1.54, 1.807) is 11.8 Å². The Kier molecular flexibility index (Phi) is 5.37. The highest BCUT2D eigenvalue weighted by Crippen LogP contribution is 2.37. The Hall–Kier alpha value is -0.220. The first kappa shape index (κ1) is 14.2. The standard InChI is InChI=1S/C14H19ClO2S/c1-2-17-14(10-7-8-10)12(16)9-18-13-6-4-3-5-11(13)15/h3-6,10,12,14,16H,2,7-9H2,1H3. The van der Waals surface area contributed by atoms with Crippen LogP contribution in [0.5, 0.6) is 0 Å². The molecule has 1 aliphatic carbocycles. The van der Waals surface area contributed by atoms with Gasteiger partial charge in [-0.25, -0.2) is 0 Å². The monoisotopic (exact) mass is 286 g/mol. The molecule has 0 radical (unpaired) electrons. The zero-order valence-electron chi connectivity index (χ0n) is 10.5. The molecule has 0 saturated heterocycles. The maximum Gasteiger partial charge on any atom is 0.0898 e. The van der Waals surface area contributed by atoms with Crippen LogP contribution in [0.3, 0.4) is 0 Å². The minimum Gasteiger partial charge on any atom is -0.390 e. The molecule has 18 heavy (non-hydrogen) atoms. The number of hydrogen-bond acceptors (Lipinski definition) is 3. The lowest BCUT2D eigenvalue weighted by Gasteiger charge is -2.22. The lowest BCUT2D eigenvalue weighted by Crippen LogP contribution is -2.33. The molecule has 2 nitrogen and oxygen atoms in total. The fourth-order valence-corrected chi connectivity index (χ4v) is 3.23. The molecule has 4 heteroatoms. The lowest BCUT2D eigenvalue weighted by atomic mass is 10.1. The highest BCUT2D eigenvalue weighted by molar-refractivity contribution is 7.99. The molecule has 2 atom stereocenters. The summed E-state index contributed by atoms with van der Waals surface area (Å²) < 4.78 is 5.65. The van der Waals surface area contributed by atoms with Gasteiger partial charge < -0.3 is 9.84 Å². The molecule has 0 amide bonds. The second-order valence-electron chi connectivity index (χ2n) is 4.57. The van der Waals surface area contributed by atoms with Gasteiger partial charge in [0.1, 0.15) is 0 Å². The molecule has 1 aromatic rings. The second kappa shape index (κ2) is 6.80. The van der Waals surface area contributed by atoms with Gasteiger partial charge in [-0.05, 0) is 37.8 Å². The molecule has 0 heterocycles. The highest BCUT2D eigenvalue weighted by atomic mass is 35.5. The van der Waals surface area contributed by atoms with Crippen molar-refractivity contribution >= 4 is 23.4 Å². The third-order valence-electron chi connectivity index (χ3n) is 3.07. The van der Waals surface area contributed by atoms with E-state index in [0.29, 0.717) is 18.3 Å². The van der Waals surface area contributed by atoms with Crippen LogP contribution >= 0.6 is 23.4 Å². The summed E-state index contributed by atoms with van der Waals surface area (Å²) >= 11 is 7.68. The van der Waals surface area contributed by atoms with E-state index in [0.717, 1.165) is 9.92 Å². The van der Waals surface area contributed by atoms with Crippen LogP contribution in [0.1, 0.15) is 19.8 Å². The molecule has 0 bridgehead atoms. The summed E-state index contributed by atoms with van der Waals surface area (Å²) in [5, 5.41) is 11.0.